The topological polar surface area (TPSA) is 29.1 Å². The summed E-state index contributed by atoms with van der Waals surface area (Å²) in [5, 5.41) is 3.01. The van der Waals surface area contributed by atoms with Crippen molar-refractivity contribution in [3.63, 3.8) is 0 Å². The number of fused-ring (bicyclic) bond motifs is 2. The minimum atomic E-state index is -0.202. The van der Waals surface area contributed by atoms with Gasteiger partial charge in [-0.25, -0.2) is 0 Å². The second-order valence-corrected chi connectivity index (χ2v) is 3.59. The van der Waals surface area contributed by atoms with Crippen LogP contribution in [0.3, 0.4) is 0 Å². The Kier molecular flexibility index (Phi) is 1.46. The van der Waals surface area contributed by atoms with E-state index in [1.807, 2.05) is 0 Å². The number of carbonyl (C=O) groups excluding carboxylic acids is 1. The average molecular weight is 160 g/mol. The van der Waals surface area contributed by atoms with Crippen molar-refractivity contribution in [2.75, 3.05) is 0 Å². The van der Waals surface area contributed by atoms with E-state index in [0.717, 1.165) is 6.42 Å². The number of rotatable bonds is 1. The van der Waals surface area contributed by atoms with Crippen molar-refractivity contribution in [1.82, 2.24) is 5.32 Å². The summed E-state index contributed by atoms with van der Waals surface area (Å²) in [6, 6.07) is 0.554. The van der Waals surface area contributed by atoms with Crippen molar-refractivity contribution < 1.29 is 4.79 Å². The molecule has 1 N–H and O–H groups in total. The van der Waals surface area contributed by atoms with Gasteiger partial charge in [-0.15, -0.1) is 0 Å². The van der Waals surface area contributed by atoms with Gasteiger partial charge in [0.2, 0.25) is 5.24 Å². The van der Waals surface area contributed by atoms with Crippen molar-refractivity contribution in [2.45, 2.75) is 31.3 Å². The highest BCUT2D eigenvalue weighted by Gasteiger charge is 2.41. The molecule has 56 valence electrons. The van der Waals surface area contributed by atoms with Crippen LogP contribution in [0.25, 0.3) is 0 Å². The van der Waals surface area contributed by atoms with Crippen LogP contribution < -0.4 is 5.32 Å². The average Bonchev–Trinajstić information content (AvgIpc) is 2.44. The van der Waals surface area contributed by atoms with Gasteiger partial charge in [0.15, 0.2) is 0 Å². The Morgan fingerprint density at radius 3 is 2.60 bits per heavy atom. The van der Waals surface area contributed by atoms with E-state index in [9.17, 15) is 4.79 Å². The van der Waals surface area contributed by atoms with Crippen molar-refractivity contribution >= 4 is 16.8 Å². The monoisotopic (exact) mass is 159 g/mol. The molecule has 0 aromatic carbocycles. The predicted molar refractivity (Wildman–Crippen MR) is 38.9 cm³/mol. The van der Waals surface area contributed by atoms with Gasteiger partial charge in [-0.3, -0.25) is 4.79 Å². The summed E-state index contributed by atoms with van der Waals surface area (Å²) in [6.45, 7) is 0. The second kappa shape index (κ2) is 2.21. The Morgan fingerprint density at radius 2 is 2.30 bits per heavy atom. The van der Waals surface area contributed by atoms with Gasteiger partial charge < -0.3 is 5.32 Å². The molecule has 2 aliphatic rings. The van der Waals surface area contributed by atoms with Crippen LogP contribution in [0.1, 0.15) is 19.3 Å². The summed E-state index contributed by atoms with van der Waals surface area (Å²) in [5.74, 6) is 0.537. The van der Waals surface area contributed by atoms with Gasteiger partial charge in [0.1, 0.15) is 0 Å². The zero-order chi connectivity index (χ0) is 7.14. The van der Waals surface area contributed by atoms with Gasteiger partial charge in [0.25, 0.3) is 0 Å². The minimum absolute atomic E-state index is 0.0274. The molecule has 0 amide bonds. The second-order valence-electron chi connectivity index (χ2n) is 3.22. The SMILES string of the molecule is O=C(Cl)C1NC2CCC1C2. The molecule has 1 aliphatic carbocycles. The molecule has 2 fully saturated rings. The number of hydrogen-bond donors (Lipinski definition) is 1. The molecular weight excluding hydrogens is 150 g/mol. The zero-order valence-corrected chi connectivity index (χ0v) is 6.40. The smallest absolute Gasteiger partial charge is 0.238 e. The summed E-state index contributed by atoms with van der Waals surface area (Å²) in [4.78, 5) is 10.7. The number of nitrogens with one attached hydrogen (secondary N) is 1. The third kappa shape index (κ3) is 0.867. The fraction of sp³-hybridized carbons (Fsp3) is 0.857. The summed E-state index contributed by atoms with van der Waals surface area (Å²) in [5.41, 5.74) is 0. The first kappa shape index (κ1) is 6.62. The molecule has 3 unspecified atom stereocenters. The third-order valence-corrected chi connectivity index (χ3v) is 2.84. The Bertz CT molecular complexity index is 171. The molecule has 3 heteroatoms. The Morgan fingerprint density at radius 1 is 1.50 bits per heavy atom. The standard InChI is InChI=1S/C7H10ClNO/c8-7(10)6-4-1-2-5(3-4)9-6/h4-6,9H,1-3H2. The van der Waals surface area contributed by atoms with Gasteiger partial charge in [-0.1, -0.05) is 0 Å². The van der Waals surface area contributed by atoms with Crippen molar-refractivity contribution in [3.05, 3.63) is 0 Å². The van der Waals surface area contributed by atoms with Crippen molar-refractivity contribution in [3.8, 4) is 0 Å². The molecule has 2 nitrogen and oxygen atoms in total. The number of piperidine rings is 1. The molecule has 1 aliphatic heterocycles. The van der Waals surface area contributed by atoms with Gasteiger partial charge in [-0.05, 0) is 36.8 Å². The van der Waals surface area contributed by atoms with E-state index >= 15 is 0 Å². The van der Waals surface area contributed by atoms with E-state index in [1.54, 1.807) is 0 Å². The maximum atomic E-state index is 10.7. The lowest BCUT2D eigenvalue weighted by Gasteiger charge is -2.18. The highest BCUT2D eigenvalue weighted by atomic mass is 35.5. The fourth-order valence-corrected chi connectivity index (χ4v) is 2.35. The maximum absolute atomic E-state index is 10.7. The Balaban J connectivity index is 2.08. The van der Waals surface area contributed by atoms with Crippen LogP contribution in [-0.2, 0) is 4.79 Å². The van der Waals surface area contributed by atoms with E-state index in [0.29, 0.717) is 12.0 Å². The fourth-order valence-electron chi connectivity index (χ4n) is 2.11. The highest BCUT2D eigenvalue weighted by Crippen LogP contribution is 2.35. The molecule has 0 radical (unpaired) electrons. The molecule has 0 spiro atoms. The molecule has 0 aromatic rings. The minimum Gasteiger partial charge on any atom is -0.303 e. The molecule has 1 saturated carbocycles. The van der Waals surface area contributed by atoms with Crippen LogP contribution in [0.5, 0.6) is 0 Å². The summed E-state index contributed by atoms with van der Waals surface area (Å²) < 4.78 is 0. The van der Waals surface area contributed by atoms with Crippen LogP contribution in [0.15, 0.2) is 0 Å². The van der Waals surface area contributed by atoms with Gasteiger partial charge in [-0.2, -0.15) is 0 Å². The highest BCUT2D eigenvalue weighted by molar-refractivity contribution is 6.64. The van der Waals surface area contributed by atoms with Crippen molar-refractivity contribution in [1.29, 1.82) is 0 Å². The molecule has 3 atom stereocenters. The molecule has 1 heterocycles. The Labute approximate surface area is 64.9 Å². The van der Waals surface area contributed by atoms with Crippen LogP contribution in [-0.4, -0.2) is 17.3 Å². The van der Waals surface area contributed by atoms with Crippen LogP contribution in [0.2, 0.25) is 0 Å². The van der Waals surface area contributed by atoms with Gasteiger partial charge in [0.05, 0.1) is 6.04 Å². The van der Waals surface area contributed by atoms with Crippen LogP contribution in [0, 0.1) is 5.92 Å². The first-order valence-corrected chi connectivity index (χ1v) is 4.10. The molecule has 0 aromatic heterocycles. The first-order valence-electron chi connectivity index (χ1n) is 3.73. The molecule has 2 bridgehead atoms. The van der Waals surface area contributed by atoms with Crippen molar-refractivity contribution in [2.24, 2.45) is 5.92 Å². The largest absolute Gasteiger partial charge is 0.303 e. The Hall–Kier alpha value is -0.0800. The predicted octanol–water partition coefficient (Wildman–Crippen LogP) is 0.892. The van der Waals surface area contributed by atoms with Gasteiger partial charge >= 0.3 is 0 Å². The van der Waals surface area contributed by atoms with E-state index in [2.05, 4.69) is 5.32 Å². The number of hydrogen-bond acceptors (Lipinski definition) is 2. The summed E-state index contributed by atoms with van der Waals surface area (Å²) in [7, 11) is 0. The normalized spacial score (nSPS) is 44.3. The van der Waals surface area contributed by atoms with Crippen LogP contribution in [0.4, 0.5) is 0 Å². The third-order valence-electron chi connectivity index (χ3n) is 2.60. The maximum Gasteiger partial charge on any atom is 0.238 e. The first-order chi connectivity index (χ1) is 4.77. The molecular formula is C7H10ClNO. The van der Waals surface area contributed by atoms with E-state index in [1.165, 1.54) is 12.8 Å². The lowest BCUT2D eigenvalue weighted by Crippen LogP contribution is -2.39. The molecule has 1 saturated heterocycles. The lowest BCUT2D eigenvalue weighted by molar-refractivity contribution is -0.114. The molecule has 2 rings (SSSR count). The molecule has 10 heavy (non-hydrogen) atoms. The quantitative estimate of drug-likeness (QED) is 0.576. The summed E-state index contributed by atoms with van der Waals surface area (Å²) >= 11 is 5.38. The zero-order valence-electron chi connectivity index (χ0n) is 5.64. The van der Waals surface area contributed by atoms with Gasteiger partial charge in [0, 0.05) is 6.04 Å². The van der Waals surface area contributed by atoms with E-state index in [4.69, 9.17) is 11.6 Å². The van der Waals surface area contributed by atoms with E-state index < -0.39 is 0 Å². The number of halogens is 1. The van der Waals surface area contributed by atoms with E-state index in [-0.39, 0.29) is 11.3 Å². The lowest BCUT2D eigenvalue weighted by atomic mass is 10.0. The summed E-state index contributed by atoms with van der Waals surface area (Å²) in [6.07, 6.45) is 3.56. The van der Waals surface area contributed by atoms with Crippen LogP contribution >= 0.6 is 11.6 Å². The number of carbonyl (C=O) groups is 1.